The second-order valence-electron chi connectivity index (χ2n) is 11.7. The van der Waals surface area contributed by atoms with Crippen molar-refractivity contribution in [2.45, 2.75) is 83.5 Å². The van der Waals surface area contributed by atoms with Crippen molar-refractivity contribution in [3.63, 3.8) is 0 Å². The summed E-state index contributed by atoms with van der Waals surface area (Å²) in [7, 11) is 0. The number of nitrogens with one attached hydrogen (secondary N) is 4. The van der Waals surface area contributed by atoms with E-state index in [1.807, 2.05) is 20.8 Å². The van der Waals surface area contributed by atoms with E-state index in [4.69, 9.17) is 0 Å². The number of aliphatic carboxylic acids is 1. The Morgan fingerprint density at radius 1 is 0.951 bits per heavy atom. The van der Waals surface area contributed by atoms with Crippen LogP contribution in [0.5, 0.6) is 5.75 Å². The Labute approximate surface area is 240 Å². The number of aromatic nitrogens is 1. The smallest absolute Gasteiger partial charge is 0.326 e. The fraction of sp³-hybridized carbons (Fsp3) is 0.500. The second kappa shape index (κ2) is 14.6. The number of nitrogens with zero attached hydrogens (tertiary/aromatic N) is 1. The maximum Gasteiger partial charge on any atom is 0.326 e. The third-order valence-electron chi connectivity index (χ3n) is 6.96. The first kappa shape index (κ1) is 31.5. The Bertz CT molecular complexity index is 1180. The van der Waals surface area contributed by atoms with Crippen molar-refractivity contribution in [2.24, 2.45) is 5.41 Å². The molecular formula is C30H41N5O6. The summed E-state index contributed by atoms with van der Waals surface area (Å²) < 4.78 is 0. The molecule has 4 unspecified atom stereocenters. The average Bonchev–Trinajstić information content (AvgIpc) is 3.46. The van der Waals surface area contributed by atoms with Crippen LogP contribution in [-0.2, 0) is 32.0 Å². The first-order valence-corrected chi connectivity index (χ1v) is 14.0. The highest BCUT2D eigenvalue weighted by molar-refractivity contribution is 5.94. The van der Waals surface area contributed by atoms with Gasteiger partial charge in [0, 0.05) is 24.7 Å². The van der Waals surface area contributed by atoms with Crippen molar-refractivity contribution in [3.05, 3.63) is 59.9 Å². The van der Waals surface area contributed by atoms with E-state index in [0.717, 1.165) is 6.42 Å². The molecule has 1 fully saturated rings. The van der Waals surface area contributed by atoms with Gasteiger partial charge in [0.25, 0.3) is 0 Å². The number of hydrogen-bond donors (Lipinski definition) is 6. The number of phenols is 1. The maximum absolute atomic E-state index is 13.6. The molecule has 1 saturated heterocycles. The summed E-state index contributed by atoms with van der Waals surface area (Å²) in [4.78, 5) is 56.2. The lowest BCUT2D eigenvalue weighted by molar-refractivity contribution is -0.142. The molecule has 0 radical (unpaired) electrons. The minimum Gasteiger partial charge on any atom is -0.508 e. The number of rotatable bonds is 13. The molecular weight excluding hydrogens is 526 g/mol. The van der Waals surface area contributed by atoms with Gasteiger partial charge in [-0.15, -0.1) is 0 Å². The summed E-state index contributed by atoms with van der Waals surface area (Å²) in [5.74, 6) is -2.66. The molecule has 1 aromatic heterocycles. The lowest BCUT2D eigenvalue weighted by Crippen LogP contribution is -2.58. The molecule has 1 aliphatic rings. The fourth-order valence-corrected chi connectivity index (χ4v) is 4.57. The molecule has 11 heteroatoms. The molecule has 1 aromatic carbocycles. The average molecular weight is 568 g/mol. The minimum atomic E-state index is -1.16. The quantitative estimate of drug-likeness (QED) is 0.212. The van der Waals surface area contributed by atoms with Gasteiger partial charge in [0.1, 0.15) is 23.9 Å². The van der Waals surface area contributed by atoms with Crippen LogP contribution in [0.25, 0.3) is 0 Å². The molecule has 11 nitrogen and oxygen atoms in total. The van der Waals surface area contributed by atoms with Crippen molar-refractivity contribution < 1.29 is 29.4 Å². The van der Waals surface area contributed by atoms with Crippen LogP contribution in [0.3, 0.4) is 0 Å². The van der Waals surface area contributed by atoms with Gasteiger partial charge in [-0.3, -0.25) is 19.4 Å². The zero-order valence-electron chi connectivity index (χ0n) is 23.9. The van der Waals surface area contributed by atoms with Gasteiger partial charge in [0.2, 0.25) is 17.7 Å². The van der Waals surface area contributed by atoms with E-state index in [1.54, 1.807) is 36.5 Å². The standard InChI is InChI=1S/C30H41N5O6/c1-30(2,3)14-13-23(29(40)41)33-28(39)25(18-20-7-4-5-15-31-20)35-27(38)24(17-19-9-11-21(36)12-10-19)34-26(37)22-8-6-16-32-22/h4-5,7,9-12,15,22-25,32,36H,6,8,13-14,16-18H2,1-3H3,(H,33,39)(H,34,37)(H,35,38)(H,40,41). The lowest BCUT2D eigenvalue weighted by atomic mass is 9.88. The summed E-state index contributed by atoms with van der Waals surface area (Å²) in [5.41, 5.74) is 1.10. The van der Waals surface area contributed by atoms with E-state index in [2.05, 4.69) is 26.3 Å². The fourth-order valence-electron chi connectivity index (χ4n) is 4.57. The number of amides is 3. The summed E-state index contributed by atoms with van der Waals surface area (Å²) in [5, 5.41) is 30.7. The van der Waals surface area contributed by atoms with E-state index in [0.29, 0.717) is 30.6 Å². The van der Waals surface area contributed by atoms with Crippen molar-refractivity contribution in [3.8, 4) is 5.75 Å². The first-order chi connectivity index (χ1) is 19.4. The van der Waals surface area contributed by atoms with Crippen LogP contribution < -0.4 is 21.3 Å². The van der Waals surface area contributed by atoms with E-state index in [1.165, 1.54) is 12.1 Å². The number of carbonyl (C=O) groups excluding carboxylic acids is 3. The Kier molecular flexibility index (Phi) is 11.2. The number of carbonyl (C=O) groups is 4. The molecule has 41 heavy (non-hydrogen) atoms. The minimum absolute atomic E-state index is 0.0219. The van der Waals surface area contributed by atoms with E-state index < -0.39 is 42.0 Å². The lowest BCUT2D eigenvalue weighted by Gasteiger charge is -2.26. The number of pyridine rings is 1. The normalized spacial score (nSPS) is 17.2. The van der Waals surface area contributed by atoms with E-state index in [9.17, 15) is 29.4 Å². The largest absolute Gasteiger partial charge is 0.508 e. The number of phenolic OH excluding ortho intramolecular Hbond substituents is 1. The summed E-state index contributed by atoms with van der Waals surface area (Å²) in [6.07, 6.45) is 3.99. The predicted molar refractivity (Wildman–Crippen MR) is 153 cm³/mol. The van der Waals surface area contributed by atoms with Gasteiger partial charge in [0.15, 0.2) is 0 Å². The third kappa shape index (κ3) is 10.5. The summed E-state index contributed by atoms with van der Waals surface area (Å²) >= 11 is 0. The topological polar surface area (TPSA) is 170 Å². The van der Waals surface area contributed by atoms with Crippen LogP contribution >= 0.6 is 0 Å². The van der Waals surface area contributed by atoms with Gasteiger partial charge in [-0.2, -0.15) is 0 Å². The molecule has 0 bridgehead atoms. The third-order valence-corrected chi connectivity index (χ3v) is 6.96. The molecule has 3 rings (SSSR count). The number of carboxylic acids is 1. The molecule has 2 aromatic rings. The number of carboxylic acid groups (broad SMARTS) is 1. The van der Waals surface area contributed by atoms with Crippen LogP contribution in [0.1, 0.15) is 57.7 Å². The highest BCUT2D eigenvalue weighted by Gasteiger charge is 2.32. The molecule has 3 amide bonds. The molecule has 0 saturated carbocycles. The van der Waals surface area contributed by atoms with Crippen LogP contribution in [0.4, 0.5) is 0 Å². The van der Waals surface area contributed by atoms with Crippen LogP contribution in [0.2, 0.25) is 0 Å². The van der Waals surface area contributed by atoms with Gasteiger partial charge < -0.3 is 31.5 Å². The van der Waals surface area contributed by atoms with Crippen LogP contribution in [-0.4, -0.2) is 69.6 Å². The number of aromatic hydroxyl groups is 1. The zero-order valence-corrected chi connectivity index (χ0v) is 23.9. The first-order valence-electron chi connectivity index (χ1n) is 14.0. The summed E-state index contributed by atoms with van der Waals surface area (Å²) in [6.45, 7) is 6.67. The second-order valence-corrected chi connectivity index (χ2v) is 11.7. The maximum atomic E-state index is 13.6. The monoisotopic (exact) mass is 567 g/mol. The molecule has 0 aliphatic carbocycles. The summed E-state index contributed by atoms with van der Waals surface area (Å²) in [6, 6.07) is 7.76. The van der Waals surface area contributed by atoms with Crippen LogP contribution in [0.15, 0.2) is 48.7 Å². The van der Waals surface area contributed by atoms with E-state index in [-0.39, 0.29) is 36.3 Å². The molecule has 222 valence electrons. The van der Waals surface area contributed by atoms with Gasteiger partial charge in [-0.05, 0) is 67.5 Å². The van der Waals surface area contributed by atoms with Crippen molar-refractivity contribution in [1.82, 2.24) is 26.3 Å². The molecule has 2 heterocycles. The highest BCUT2D eigenvalue weighted by atomic mass is 16.4. The Hall–Kier alpha value is -3.99. The van der Waals surface area contributed by atoms with Crippen LogP contribution in [0, 0.1) is 5.41 Å². The van der Waals surface area contributed by atoms with Crippen molar-refractivity contribution >= 4 is 23.7 Å². The van der Waals surface area contributed by atoms with E-state index >= 15 is 0 Å². The highest BCUT2D eigenvalue weighted by Crippen LogP contribution is 2.22. The molecule has 0 spiro atoms. The van der Waals surface area contributed by atoms with Gasteiger partial charge in [-0.1, -0.05) is 39.0 Å². The molecule has 4 atom stereocenters. The zero-order chi connectivity index (χ0) is 30.0. The number of benzene rings is 1. The molecule has 1 aliphatic heterocycles. The Morgan fingerprint density at radius 2 is 1.61 bits per heavy atom. The van der Waals surface area contributed by atoms with Gasteiger partial charge in [0.05, 0.1) is 6.04 Å². The van der Waals surface area contributed by atoms with Crippen molar-refractivity contribution in [2.75, 3.05) is 6.54 Å². The SMILES string of the molecule is CC(C)(C)CCC(NC(=O)C(Cc1ccccn1)NC(=O)C(Cc1ccc(O)cc1)NC(=O)C1CCCN1)C(=O)O. The predicted octanol–water partition coefficient (Wildman–Crippen LogP) is 1.69. The Morgan fingerprint density at radius 3 is 2.17 bits per heavy atom. The Balaban J connectivity index is 1.81. The van der Waals surface area contributed by atoms with Gasteiger partial charge in [-0.25, -0.2) is 4.79 Å². The van der Waals surface area contributed by atoms with Crippen molar-refractivity contribution in [1.29, 1.82) is 0 Å². The van der Waals surface area contributed by atoms with Gasteiger partial charge >= 0.3 is 5.97 Å². The molecule has 6 N–H and O–H groups in total. The number of hydrogen-bond acceptors (Lipinski definition) is 7.